The SMILES string of the molecule is CCNC(=O)[C@@H](Cc1ccccc1)N(Cc1cccc(OC)c1)C(=O)CN(c1cc(OC)ccc1OC)S(C)(=O)=O. The van der Waals surface area contributed by atoms with Crippen LogP contribution in [-0.4, -0.2) is 71.8 Å². The van der Waals surface area contributed by atoms with Crippen molar-refractivity contribution in [1.29, 1.82) is 0 Å². The van der Waals surface area contributed by atoms with Crippen molar-refractivity contribution in [2.75, 3.05) is 45.0 Å². The maximum Gasteiger partial charge on any atom is 0.244 e. The number of carbonyl (C=O) groups excluding carboxylic acids is 2. The molecule has 3 aromatic rings. The minimum Gasteiger partial charge on any atom is -0.497 e. The van der Waals surface area contributed by atoms with Gasteiger partial charge in [0.15, 0.2) is 0 Å². The van der Waals surface area contributed by atoms with Crippen LogP contribution in [0.25, 0.3) is 0 Å². The van der Waals surface area contributed by atoms with Crippen molar-refractivity contribution in [3.05, 3.63) is 83.9 Å². The first-order chi connectivity index (χ1) is 19.6. The Balaban J connectivity index is 2.10. The minimum atomic E-state index is -3.97. The van der Waals surface area contributed by atoms with Crippen LogP contribution in [-0.2, 0) is 32.6 Å². The van der Waals surface area contributed by atoms with Gasteiger partial charge in [-0.1, -0.05) is 42.5 Å². The Kier molecular flexibility index (Phi) is 11.0. The molecule has 0 aromatic heterocycles. The Morgan fingerprint density at radius 3 is 2.12 bits per heavy atom. The lowest BCUT2D eigenvalue weighted by Crippen LogP contribution is -2.53. The highest BCUT2D eigenvalue weighted by Gasteiger charge is 2.33. The Labute approximate surface area is 241 Å². The van der Waals surface area contributed by atoms with E-state index in [1.54, 1.807) is 44.4 Å². The van der Waals surface area contributed by atoms with Crippen LogP contribution in [0.4, 0.5) is 5.69 Å². The van der Waals surface area contributed by atoms with Gasteiger partial charge in [0.25, 0.3) is 0 Å². The molecular weight excluding hydrogens is 546 g/mol. The number of likely N-dealkylation sites (N-methyl/N-ethyl adjacent to an activating group) is 1. The molecule has 1 N–H and O–H groups in total. The Hall–Kier alpha value is -4.25. The number of hydrogen-bond acceptors (Lipinski definition) is 7. The van der Waals surface area contributed by atoms with Crippen LogP contribution in [0.1, 0.15) is 18.1 Å². The number of methoxy groups -OCH3 is 3. The summed E-state index contributed by atoms with van der Waals surface area (Å²) in [5, 5.41) is 2.83. The molecule has 0 bridgehead atoms. The summed E-state index contributed by atoms with van der Waals surface area (Å²) in [5.74, 6) is 0.298. The minimum absolute atomic E-state index is 0.0392. The van der Waals surface area contributed by atoms with E-state index < -0.39 is 28.5 Å². The van der Waals surface area contributed by atoms with E-state index in [9.17, 15) is 18.0 Å². The Morgan fingerprint density at radius 1 is 0.854 bits per heavy atom. The van der Waals surface area contributed by atoms with Gasteiger partial charge >= 0.3 is 0 Å². The molecule has 2 amide bonds. The summed E-state index contributed by atoms with van der Waals surface area (Å²) in [7, 11) is 0.436. The van der Waals surface area contributed by atoms with Crippen molar-refractivity contribution in [2.45, 2.75) is 25.9 Å². The zero-order chi connectivity index (χ0) is 30.0. The van der Waals surface area contributed by atoms with E-state index in [0.717, 1.165) is 16.1 Å². The van der Waals surface area contributed by atoms with Crippen LogP contribution in [0.5, 0.6) is 17.2 Å². The molecule has 41 heavy (non-hydrogen) atoms. The topological polar surface area (TPSA) is 114 Å². The van der Waals surface area contributed by atoms with Crippen LogP contribution in [0.15, 0.2) is 72.8 Å². The number of carbonyl (C=O) groups is 2. The van der Waals surface area contributed by atoms with Crippen molar-refractivity contribution >= 4 is 27.5 Å². The largest absolute Gasteiger partial charge is 0.497 e. The third kappa shape index (κ3) is 8.37. The van der Waals surface area contributed by atoms with Crippen LogP contribution >= 0.6 is 0 Å². The van der Waals surface area contributed by atoms with Gasteiger partial charge in [-0.15, -0.1) is 0 Å². The summed E-state index contributed by atoms with van der Waals surface area (Å²) < 4.78 is 43.2. The molecule has 0 fully saturated rings. The number of anilines is 1. The van der Waals surface area contributed by atoms with E-state index in [2.05, 4.69) is 5.32 Å². The summed E-state index contributed by atoms with van der Waals surface area (Å²) in [4.78, 5) is 29.0. The molecule has 3 aromatic carbocycles. The number of amides is 2. The maximum absolute atomic E-state index is 14.2. The second kappa shape index (κ2) is 14.4. The molecular formula is C30H37N3O7S. The van der Waals surface area contributed by atoms with Crippen molar-refractivity contribution < 1.29 is 32.2 Å². The first-order valence-electron chi connectivity index (χ1n) is 13.0. The number of hydrogen-bond donors (Lipinski definition) is 1. The number of rotatable bonds is 14. The van der Waals surface area contributed by atoms with E-state index >= 15 is 0 Å². The molecule has 0 spiro atoms. The van der Waals surface area contributed by atoms with Gasteiger partial charge in [0.05, 0.1) is 33.3 Å². The van der Waals surface area contributed by atoms with Crippen molar-refractivity contribution in [2.24, 2.45) is 0 Å². The highest BCUT2D eigenvalue weighted by atomic mass is 32.2. The predicted molar refractivity (Wildman–Crippen MR) is 158 cm³/mol. The predicted octanol–water partition coefficient (Wildman–Crippen LogP) is 3.25. The van der Waals surface area contributed by atoms with Crippen LogP contribution in [0, 0.1) is 0 Å². The monoisotopic (exact) mass is 583 g/mol. The molecule has 0 saturated carbocycles. The third-order valence-electron chi connectivity index (χ3n) is 6.44. The zero-order valence-electron chi connectivity index (χ0n) is 24.0. The molecule has 0 heterocycles. The van der Waals surface area contributed by atoms with Gasteiger partial charge in [-0.3, -0.25) is 13.9 Å². The molecule has 0 aliphatic carbocycles. The Bertz CT molecular complexity index is 1430. The lowest BCUT2D eigenvalue weighted by molar-refractivity contribution is -0.140. The van der Waals surface area contributed by atoms with Crippen molar-refractivity contribution in [3.8, 4) is 17.2 Å². The van der Waals surface area contributed by atoms with E-state index in [1.807, 2.05) is 36.4 Å². The number of nitrogens with one attached hydrogen (secondary N) is 1. The molecule has 0 aliphatic heterocycles. The summed E-state index contributed by atoms with van der Waals surface area (Å²) >= 11 is 0. The number of benzene rings is 3. The third-order valence-corrected chi connectivity index (χ3v) is 7.57. The summed E-state index contributed by atoms with van der Waals surface area (Å²) in [6.07, 6.45) is 1.24. The van der Waals surface area contributed by atoms with Gasteiger partial charge in [-0.05, 0) is 42.3 Å². The maximum atomic E-state index is 14.2. The average molecular weight is 584 g/mol. The molecule has 3 rings (SSSR count). The molecule has 0 radical (unpaired) electrons. The lowest BCUT2D eigenvalue weighted by Gasteiger charge is -2.33. The molecule has 0 aliphatic rings. The lowest BCUT2D eigenvalue weighted by atomic mass is 10.0. The van der Waals surface area contributed by atoms with E-state index in [-0.39, 0.29) is 30.3 Å². The fourth-order valence-electron chi connectivity index (χ4n) is 4.40. The first-order valence-corrected chi connectivity index (χ1v) is 14.9. The molecule has 11 heteroatoms. The van der Waals surface area contributed by atoms with Gasteiger partial charge < -0.3 is 24.4 Å². The second-order valence-electron chi connectivity index (χ2n) is 9.28. The summed E-state index contributed by atoms with van der Waals surface area (Å²) in [5.41, 5.74) is 1.70. The number of nitrogens with zero attached hydrogens (tertiary/aromatic N) is 2. The van der Waals surface area contributed by atoms with Gasteiger partial charge in [0.1, 0.15) is 29.8 Å². The summed E-state index contributed by atoms with van der Waals surface area (Å²) in [6.45, 7) is 1.63. The normalized spacial score (nSPS) is 11.7. The molecule has 10 nitrogen and oxygen atoms in total. The van der Waals surface area contributed by atoms with Crippen molar-refractivity contribution in [1.82, 2.24) is 10.2 Å². The quantitative estimate of drug-likeness (QED) is 0.310. The van der Waals surface area contributed by atoms with E-state index in [0.29, 0.717) is 23.6 Å². The van der Waals surface area contributed by atoms with Gasteiger partial charge in [0, 0.05) is 25.6 Å². The molecule has 0 saturated heterocycles. The second-order valence-corrected chi connectivity index (χ2v) is 11.2. The van der Waals surface area contributed by atoms with E-state index in [4.69, 9.17) is 14.2 Å². The fourth-order valence-corrected chi connectivity index (χ4v) is 5.24. The molecule has 220 valence electrons. The number of sulfonamides is 1. The van der Waals surface area contributed by atoms with Crippen LogP contribution in [0.3, 0.4) is 0 Å². The van der Waals surface area contributed by atoms with Crippen LogP contribution in [0.2, 0.25) is 0 Å². The smallest absolute Gasteiger partial charge is 0.244 e. The number of ether oxygens (including phenoxy) is 3. The molecule has 0 unspecified atom stereocenters. The standard InChI is InChI=1S/C30H37N3O7S/c1-6-31-30(35)27(18-22-11-8-7-9-12-22)32(20-23-13-10-14-24(17-23)38-2)29(34)21-33(41(5,36)37)26-19-25(39-3)15-16-28(26)40-4/h7-17,19,27H,6,18,20-21H2,1-5H3,(H,31,35)/t27-/m1/s1. The Morgan fingerprint density at radius 2 is 1.51 bits per heavy atom. The van der Waals surface area contributed by atoms with Crippen molar-refractivity contribution in [3.63, 3.8) is 0 Å². The van der Waals surface area contributed by atoms with Gasteiger partial charge in [0.2, 0.25) is 21.8 Å². The van der Waals surface area contributed by atoms with Gasteiger partial charge in [-0.25, -0.2) is 8.42 Å². The highest BCUT2D eigenvalue weighted by molar-refractivity contribution is 7.92. The first kappa shape index (κ1) is 31.3. The van der Waals surface area contributed by atoms with E-state index in [1.165, 1.54) is 25.2 Å². The zero-order valence-corrected chi connectivity index (χ0v) is 24.8. The summed E-state index contributed by atoms with van der Waals surface area (Å²) in [6, 6.07) is 20.3. The van der Waals surface area contributed by atoms with Crippen LogP contribution < -0.4 is 23.8 Å². The molecule has 1 atom stereocenters. The fraction of sp³-hybridized carbons (Fsp3) is 0.333. The highest BCUT2D eigenvalue weighted by Crippen LogP contribution is 2.34. The average Bonchev–Trinajstić information content (AvgIpc) is 2.97. The van der Waals surface area contributed by atoms with Gasteiger partial charge in [-0.2, -0.15) is 0 Å².